The smallest absolute Gasteiger partial charge is 0.256 e. The number of anilines is 1. The van der Waals surface area contributed by atoms with Crippen molar-refractivity contribution in [2.45, 2.75) is 26.7 Å². The van der Waals surface area contributed by atoms with Crippen LogP contribution in [0.4, 0.5) is 5.69 Å². The van der Waals surface area contributed by atoms with Gasteiger partial charge in [-0.1, -0.05) is 12.1 Å². The molecule has 1 aromatic carbocycles. The highest BCUT2D eigenvalue weighted by atomic mass is 16.5. The number of carbonyl (C=O) groups is 3. The third kappa shape index (κ3) is 4.19. The van der Waals surface area contributed by atoms with Crippen LogP contribution in [0.25, 0.3) is 11.6 Å². The predicted molar refractivity (Wildman–Crippen MR) is 130 cm³/mol. The zero-order chi connectivity index (χ0) is 23.8. The number of aromatic nitrogens is 1. The molecule has 178 valence electrons. The fourth-order valence-corrected chi connectivity index (χ4v) is 5.14. The molecule has 3 aliphatic rings. The lowest BCUT2D eigenvalue weighted by molar-refractivity contribution is -0.122. The van der Waals surface area contributed by atoms with Crippen molar-refractivity contribution in [2.75, 3.05) is 51.3 Å². The number of Topliss-reactive ketones (excluding diaryl/α,β-unsaturated/α-hetero) is 1. The standard InChI is InChI=1S/C26H30N4O4/c1-16-5-3-6-20-23(16)19(25(32)28-20)13-22-17(2)24-21(27-22)7-4-8-30(26(24)33)15-18(31)14-29-9-11-34-12-10-29/h3,5-6,13,27H,4,7-12,14-15H2,1-2H3,(H,28,32)/b19-13-. The molecule has 5 rings (SSSR count). The first-order chi connectivity index (χ1) is 16.4. The van der Waals surface area contributed by atoms with Gasteiger partial charge in [0.2, 0.25) is 0 Å². The van der Waals surface area contributed by atoms with Crippen molar-refractivity contribution in [3.63, 3.8) is 0 Å². The summed E-state index contributed by atoms with van der Waals surface area (Å²) < 4.78 is 5.35. The highest BCUT2D eigenvalue weighted by Crippen LogP contribution is 2.36. The maximum absolute atomic E-state index is 13.5. The molecular formula is C26H30N4O4. The van der Waals surface area contributed by atoms with Crippen LogP contribution in [0, 0.1) is 13.8 Å². The molecule has 0 atom stereocenters. The summed E-state index contributed by atoms with van der Waals surface area (Å²) in [5, 5.41) is 2.93. The summed E-state index contributed by atoms with van der Waals surface area (Å²) in [4.78, 5) is 46.0. The molecule has 3 aliphatic heterocycles. The van der Waals surface area contributed by atoms with Gasteiger partial charge in [0.25, 0.3) is 11.8 Å². The van der Waals surface area contributed by atoms with Crippen LogP contribution < -0.4 is 5.32 Å². The molecule has 4 heterocycles. The van der Waals surface area contributed by atoms with E-state index in [2.05, 4.69) is 15.2 Å². The predicted octanol–water partition coefficient (Wildman–Crippen LogP) is 2.41. The van der Waals surface area contributed by atoms with Crippen LogP contribution in [-0.2, 0) is 20.7 Å². The van der Waals surface area contributed by atoms with Gasteiger partial charge in [0, 0.05) is 42.3 Å². The van der Waals surface area contributed by atoms with Crippen molar-refractivity contribution in [3.8, 4) is 0 Å². The van der Waals surface area contributed by atoms with Crippen molar-refractivity contribution >= 4 is 34.9 Å². The lowest BCUT2D eigenvalue weighted by Crippen LogP contribution is -2.43. The van der Waals surface area contributed by atoms with E-state index in [4.69, 9.17) is 4.74 Å². The summed E-state index contributed by atoms with van der Waals surface area (Å²) in [6.07, 6.45) is 3.35. The molecule has 34 heavy (non-hydrogen) atoms. The number of aryl methyl sites for hydroxylation is 2. The molecule has 2 N–H and O–H groups in total. The van der Waals surface area contributed by atoms with E-state index in [0.29, 0.717) is 37.4 Å². The Bertz CT molecular complexity index is 1190. The van der Waals surface area contributed by atoms with Crippen LogP contribution in [-0.4, -0.2) is 78.3 Å². The molecule has 0 bridgehead atoms. The lowest BCUT2D eigenvalue weighted by Gasteiger charge is -2.27. The molecule has 2 amide bonds. The number of amides is 2. The molecule has 0 aliphatic carbocycles. The Morgan fingerprint density at radius 2 is 1.88 bits per heavy atom. The Hall–Kier alpha value is -3.23. The number of hydrogen-bond donors (Lipinski definition) is 2. The molecule has 1 aromatic heterocycles. The fourth-order valence-electron chi connectivity index (χ4n) is 5.14. The van der Waals surface area contributed by atoms with E-state index in [1.165, 1.54) is 0 Å². The summed E-state index contributed by atoms with van der Waals surface area (Å²) in [5.41, 5.74) is 6.41. The topological polar surface area (TPSA) is 94.7 Å². The Balaban J connectivity index is 1.39. The molecule has 8 nitrogen and oxygen atoms in total. The van der Waals surface area contributed by atoms with Gasteiger partial charge in [-0.15, -0.1) is 0 Å². The SMILES string of the molecule is Cc1cccc2c1/C(=C/c1[nH]c3c(c1C)C(=O)N(CC(=O)CN1CCOCC1)CCC3)C(=O)N2. The average molecular weight is 463 g/mol. The number of nitrogens with one attached hydrogen (secondary N) is 2. The third-order valence-corrected chi connectivity index (χ3v) is 6.92. The summed E-state index contributed by atoms with van der Waals surface area (Å²) in [6, 6.07) is 5.80. The molecular weight excluding hydrogens is 432 g/mol. The van der Waals surface area contributed by atoms with Gasteiger partial charge < -0.3 is 19.9 Å². The van der Waals surface area contributed by atoms with Crippen molar-refractivity contribution in [1.29, 1.82) is 0 Å². The van der Waals surface area contributed by atoms with Crippen LogP contribution in [0.1, 0.15) is 44.9 Å². The Labute approximate surface area is 198 Å². The second kappa shape index (κ2) is 9.19. The van der Waals surface area contributed by atoms with Gasteiger partial charge in [0.15, 0.2) is 5.78 Å². The number of hydrogen-bond acceptors (Lipinski definition) is 5. The van der Waals surface area contributed by atoms with Crippen molar-refractivity contribution in [1.82, 2.24) is 14.8 Å². The molecule has 0 radical (unpaired) electrons. The number of ether oxygens (including phenoxy) is 1. The highest BCUT2D eigenvalue weighted by molar-refractivity contribution is 6.35. The van der Waals surface area contributed by atoms with Gasteiger partial charge >= 0.3 is 0 Å². The number of benzene rings is 1. The fraction of sp³-hybridized carbons (Fsp3) is 0.423. The first kappa shape index (κ1) is 22.6. The largest absolute Gasteiger partial charge is 0.379 e. The zero-order valence-electron chi connectivity index (χ0n) is 19.7. The molecule has 8 heteroatoms. The van der Waals surface area contributed by atoms with E-state index in [9.17, 15) is 14.4 Å². The quantitative estimate of drug-likeness (QED) is 0.666. The van der Waals surface area contributed by atoms with Gasteiger partial charge in [-0.05, 0) is 50.0 Å². The average Bonchev–Trinajstić information content (AvgIpc) is 3.24. The number of H-pyrrole nitrogens is 1. The zero-order valence-corrected chi connectivity index (χ0v) is 19.7. The molecule has 2 aromatic rings. The van der Waals surface area contributed by atoms with Crippen molar-refractivity contribution in [2.24, 2.45) is 0 Å². The van der Waals surface area contributed by atoms with Gasteiger partial charge in [0.05, 0.1) is 37.4 Å². The van der Waals surface area contributed by atoms with Crippen molar-refractivity contribution < 1.29 is 19.1 Å². The summed E-state index contributed by atoms with van der Waals surface area (Å²) in [6.45, 7) is 7.68. The van der Waals surface area contributed by atoms with E-state index in [1.54, 1.807) is 4.90 Å². The maximum Gasteiger partial charge on any atom is 0.256 e. The second-order valence-corrected chi connectivity index (χ2v) is 9.28. The number of rotatable bonds is 5. The van der Waals surface area contributed by atoms with E-state index in [1.807, 2.05) is 38.1 Å². The van der Waals surface area contributed by atoms with Gasteiger partial charge in [0.1, 0.15) is 0 Å². The van der Waals surface area contributed by atoms with E-state index < -0.39 is 0 Å². The van der Waals surface area contributed by atoms with Crippen LogP contribution in [0.5, 0.6) is 0 Å². The summed E-state index contributed by atoms with van der Waals surface area (Å²) in [5.74, 6) is -0.215. The second-order valence-electron chi connectivity index (χ2n) is 9.28. The normalized spacial score (nSPS) is 19.7. The number of ketones is 1. The molecule has 1 saturated heterocycles. The number of aromatic amines is 1. The van der Waals surface area contributed by atoms with Crippen LogP contribution in [0.15, 0.2) is 18.2 Å². The molecule has 0 saturated carbocycles. The van der Waals surface area contributed by atoms with Crippen molar-refractivity contribution in [3.05, 3.63) is 51.8 Å². The number of fused-ring (bicyclic) bond motifs is 2. The number of morpholine rings is 1. The Morgan fingerprint density at radius 3 is 2.68 bits per heavy atom. The minimum atomic E-state index is -0.143. The van der Waals surface area contributed by atoms with Gasteiger partial charge in [-0.25, -0.2) is 0 Å². The van der Waals surface area contributed by atoms with Gasteiger partial charge in [-0.3, -0.25) is 19.3 Å². The summed E-state index contributed by atoms with van der Waals surface area (Å²) >= 11 is 0. The third-order valence-electron chi connectivity index (χ3n) is 6.92. The van der Waals surface area contributed by atoms with E-state index in [0.717, 1.165) is 59.7 Å². The first-order valence-corrected chi connectivity index (χ1v) is 11.9. The first-order valence-electron chi connectivity index (χ1n) is 11.9. The van der Waals surface area contributed by atoms with Gasteiger partial charge in [-0.2, -0.15) is 0 Å². The molecule has 0 spiro atoms. The Morgan fingerprint density at radius 1 is 1.09 bits per heavy atom. The number of nitrogens with zero attached hydrogens (tertiary/aromatic N) is 2. The molecule has 1 fully saturated rings. The monoisotopic (exact) mass is 462 g/mol. The minimum Gasteiger partial charge on any atom is -0.379 e. The number of carbonyl (C=O) groups excluding carboxylic acids is 3. The maximum atomic E-state index is 13.5. The summed E-state index contributed by atoms with van der Waals surface area (Å²) in [7, 11) is 0. The molecule has 0 unspecified atom stereocenters. The van der Waals surface area contributed by atoms with Crippen LogP contribution in [0.3, 0.4) is 0 Å². The Kier molecular flexibility index (Phi) is 6.10. The van der Waals surface area contributed by atoms with Crippen LogP contribution in [0.2, 0.25) is 0 Å². The minimum absolute atomic E-state index is 0.0453. The van der Waals surface area contributed by atoms with E-state index >= 15 is 0 Å². The highest BCUT2D eigenvalue weighted by Gasteiger charge is 2.30. The van der Waals surface area contributed by atoms with E-state index in [-0.39, 0.29) is 24.1 Å². The lowest BCUT2D eigenvalue weighted by atomic mass is 9.99. The van der Waals surface area contributed by atoms with Crippen LogP contribution >= 0.6 is 0 Å².